The van der Waals surface area contributed by atoms with Crippen LogP contribution in [0.2, 0.25) is 10.0 Å². The van der Waals surface area contributed by atoms with Gasteiger partial charge in [0, 0.05) is 6.54 Å². The molecule has 1 N–H and O–H groups in total. The fraction of sp³-hybridized carbons (Fsp3) is 0.263. The van der Waals surface area contributed by atoms with Crippen LogP contribution in [0.15, 0.2) is 47.4 Å². The van der Waals surface area contributed by atoms with Crippen LogP contribution in [0.4, 0.5) is 0 Å². The van der Waals surface area contributed by atoms with Crippen molar-refractivity contribution < 1.29 is 13.2 Å². The van der Waals surface area contributed by atoms with Crippen LogP contribution in [0, 0.1) is 6.92 Å². The van der Waals surface area contributed by atoms with E-state index in [4.69, 9.17) is 27.9 Å². The molecule has 0 saturated carbocycles. The molecule has 7 nitrogen and oxygen atoms in total. The number of ether oxygens (including phenoxy) is 1. The van der Waals surface area contributed by atoms with Crippen molar-refractivity contribution in [2.45, 2.75) is 38.3 Å². The number of nitrogens with zero attached hydrogens (tertiary/aromatic N) is 3. The number of hydrogen-bond donors (Lipinski definition) is 1. The van der Waals surface area contributed by atoms with Crippen molar-refractivity contribution in [2.75, 3.05) is 0 Å². The Balaban J connectivity index is 1.83. The molecule has 0 amide bonds. The van der Waals surface area contributed by atoms with Gasteiger partial charge in [0.15, 0.2) is 5.82 Å². The van der Waals surface area contributed by atoms with Gasteiger partial charge in [0.25, 0.3) is 0 Å². The van der Waals surface area contributed by atoms with E-state index < -0.39 is 16.1 Å². The molecule has 3 aromatic rings. The standard InChI is InChI=1S/C19H20Cl2N4O3S/c1-4-25-18(22-23-19(25)28-14-7-5-12(2)6-8-14)13(3)24-29(26,27)15-9-10-16(20)17(21)11-15/h5-11,13,24H,4H2,1-3H3/t13-/m0/s1. The van der Waals surface area contributed by atoms with E-state index in [-0.39, 0.29) is 21.0 Å². The third-order valence-electron chi connectivity index (χ3n) is 4.21. The second kappa shape index (κ2) is 8.71. The summed E-state index contributed by atoms with van der Waals surface area (Å²) in [6.45, 7) is 6.07. The molecule has 10 heteroatoms. The van der Waals surface area contributed by atoms with Gasteiger partial charge in [0.05, 0.1) is 21.0 Å². The van der Waals surface area contributed by atoms with E-state index in [0.29, 0.717) is 18.1 Å². The van der Waals surface area contributed by atoms with E-state index in [9.17, 15) is 8.42 Å². The summed E-state index contributed by atoms with van der Waals surface area (Å²) in [6, 6.07) is 11.3. The molecule has 1 atom stereocenters. The number of halogens is 2. The smallest absolute Gasteiger partial charge is 0.322 e. The molecular formula is C19H20Cl2N4O3S. The zero-order valence-electron chi connectivity index (χ0n) is 16.1. The highest BCUT2D eigenvalue weighted by Gasteiger charge is 2.24. The van der Waals surface area contributed by atoms with Crippen molar-refractivity contribution in [1.29, 1.82) is 0 Å². The normalized spacial score (nSPS) is 12.7. The fourth-order valence-electron chi connectivity index (χ4n) is 2.70. The van der Waals surface area contributed by atoms with Crippen molar-refractivity contribution in [3.63, 3.8) is 0 Å². The molecule has 0 aliphatic heterocycles. The van der Waals surface area contributed by atoms with Gasteiger partial charge in [0.1, 0.15) is 5.75 Å². The zero-order valence-corrected chi connectivity index (χ0v) is 18.4. The summed E-state index contributed by atoms with van der Waals surface area (Å²) in [7, 11) is -3.84. The molecule has 0 spiro atoms. The predicted molar refractivity (Wildman–Crippen MR) is 112 cm³/mol. The molecule has 0 aliphatic rings. The summed E-state index contributed by atoms with van der Waals surface area (Å²) in [4.78, 5) is 0.0115. The first-order chi connectivity index (χ1) is 13.7. The Bertz CT molecular complexity index is 1110. The molecule has 0 saturated heterocycles. The minimum Gasteiger partial charge on any atom is -0.424 e. The average Bonchev–Trinajstić information content (AvgIpc) is 3.08. The molecule has 29 heavy (non-hydrogen) atoms. The summed E-state index contributed by atoms with van der Waals surface area (Å²) in [5.74, 6) is 1.05. The summed E-state index contributed by atoms with van der Waals surface area (Å²) >= 11 is 11.8. The quantitative estimate of drug-likeness (QED) is 0.556. The van der Waals surface area contributed by atoms with Crippen LogP contribution in [-0.4, -0.2) is 23.2 Å². The maximum atomic E-state index is 12.7. The average molecular weight is 455 g/mol. The molecule has 0 aliphatic carbocycles. The Hall–Kier alpha value is -2.13. The van der Waals surface area contributed by atoms with Crippen LogP contribution in [-0.2, 0) is 16.6 Å². The maximum absolute atomic E-state index is 12.7. The SMILES string of the molecule is CCn1c(Oc2ccc(C)cc2)nnc1[C@H](C)NS(=O)(=O)c1ccc(Cl)c(Cl)c1. The van der Waals surface area contributed by atoms with Crippen molar-refractivity contribution in [3.05, 3.63) is 63.9 Å². The van der Waals surface area contributed by atoms with Crippen LogP contribution in [0.5, 0.6) is 11.8 Å². The molecule has 0 unspecified atom stereocenters. The second-order valence-electron chi connectivity index (χ2n) is 6.42. The third-order valence-corrected chi connectivity index (χ3v) is 6.49. The maximum Gasteiger partial charge on any atom is 0.322 e. The van der Waals surface area contributed by atoms with E-state index >= 15 is 0 Å². The van der Waals surface area contributed by atoms with Gasteiger partial charge in [-0.1, -0.05) is 46.0 Å². The first kappa shape index (κ1) is 21.6. The van der Waals surface area contributed by atoms with Crippen LogP contribution in [0.3, 0.4) is 0 Å². The van der Waals surface area contributed by atoms with E-state index in [2.05, 4.69) is 14.9 Å². The molecule has 1 heterocycles. The third kappa shape index (κ3) is 4.90. The first-order valence-electron chi connectivity index (χ1n) is 8.86. The number of aromatic nitrogens is 3. The molecule has 1 aromatic heterocycles. The highest BCUT2D eigenvalue weighted by Crippen LogP contribution is 2.27. The Morgan fingerprint density at radius 1 is 1.10 bits per heavy atom. The minimum absolute atomic E-state index is 0.0115. The van der Waals surface area contributed by atoms with Crippen LogP contribution >= 0.6 is 23.2 Å². The molecular weight excluding hydrogens is 435 g/mol. The van der Waals surface area contributed by atoms with Gasteiger partial charge in [-0.05, 0) is 51.1 Å². The highest BCUT2D eigenvalue weighted by molar-refractivity contribution is 7.89. The summed E-state index contributed by atoms with van der Waals surface area (Å²) in [5, 5.41) is 8.64. The molecule has 3 rings (SSSR count). The monoisotopic (exact) mass is 454 g/mol. The van der Waals surface area contributed by atoms with Crippen molar-refractivity contribution >= 4 is 33.2 Å². The second-order valence-corrected chi connectivity index (χ2v) is 8.95. The van der Waals surface area contributed by atoms with Crippen LogP contribution in [0.1, 0.15) is 31.3 Å². The van der Waals surface area contributed by atoms with Gasteiger partial charge in [-0.3, -0.25) is 4.57 Å². The molecule has 0 radical (unpaired) electrons. The van der Waals surface area contributed by atoms with E-state index in [1.54, 1.807) is 11.5 Å². The molecule has 154 valence electrons. The molecule has 2 aromatic carbocycles. The Labute approximate surface area is 179 Å². The topological polar surface area (TPSA) is 86.1 Å². The lowest BCUT2D eigenvalue weighted by atomic mass is 10.2. The largest absolute Gasteiger partial charge is 0.424 e. The molecule has 0 fully saturated rings. The number of sulfonamides is 1. The number of nitrogens with one attached hydrogen (secondary N) is 1. The lowest BCUT2D eigenvalue weighted by molar-refractivity contribution is 0.407. The Morgan fingerprint density at radius 3 is 2.41 bits per heavy atom. The van der Waals surface area contributed by atoms with E-state index in [1.165, 1.54) is 18.2 Å². The zero-order chi connectivity index (χ0) is 21.2. The van der Waals surface area contributed by atoms with Crippen molar-refractivity contribution in [2.24, 2.45) is 0 Å². The number of hydrogen-bond acceptors (Lipinski definition) is 5. The number of rotatable bonds is 7. The van der Waals surface area contributed by atoms with Gasteiger partial charge in [0.2, 0.25) is 10.0 Å². The summed E-state index contributed by atoms with van der Waals surface area (Å²) in [5.41, 5.74) is 1.11. The first-order valence-corrected chi connectivity index (χ1v) is 11.1. The van der Waals surface area contributed by atoms with Crippen LogP contribution in [0.25, 0.3) is 0 Å². The molecule has 0 bridgehead atoms. The van der Waals surface area contributed by atoms with Gasteiger partial charge in [-0.2, -0.15) is 0 Å². The van der Waals surface area contributed by atoms with Gasteiger partial charge in [-0.25, -0.2) is 13.1 Å². The number of aryl methyl sites for hydroxylation is 1. The van der Waals surface area contributed by atoms with Crippen molar-refractivity contribution in [1.82, 2.24) is 19.5 Å². The number of benzene rings is 2. The summed E-state index contributed by atoms with van der Waals surface area (Å²) < 4.78 is 35.5. The lowest BCUT2D eigenvalue weighted by Crippen LogP contribution is -2.29. The Kier molecular flexibility index (Phi) is 6.48. The Morgan fingerprint density at radius 2 is 1.79 bits per heavy atom. The minimum atomic E-state index is -3.84. The van der Waals surface area contributed by atoms with Gasteiger partial charge in [-0.15, -0.1) is 5.10 Å². The van der Waals surface area contributed by atoms with E-state index in [1.807, 2.05) is 38.1 Å². The lowest BCUT2D eigenvalue weighted by Gasteiger charge is -2.15. The van der Waals surface area contributed by atoms with Crippen LogP contribution < -0.4 is 9.46 Å². The van der Waals surface area contributed by atoms with Gasteiger partial charge < -0.3 is 4.74 Å². The fourth-order valence-corrected chi connectivity index (χ4v) is 4.29. The van der Waals surface area contributed by atoms with Gasteiger partial charge >= 0.3 is 6.01 Å². The highest BCUT2D eigenvalue weighted by atomic mass is 35.5. The van der Waals surface area contributed by atoms with Crippen molar-refractivity contribution in [3.8, 4) is 11.8 Å². The van der Waals surface area contributed by atoms with E-state index in [0.717, 1.165) is 5.56 Å². The summed E-state index contributed by atoms with van der Waals surface area (Å²) in [6.07, 6.45) is 0. The predicted octanol–water partition coefficient (Wildman–Crippen LogP) is 4.75.